The molecule has 2 fully saturated rings. The summed E-state index contributed by atoms with van der Waals surface area (Å²) >= 11 is 3.51. The molecule has 2 aromatic rings. The van der Waals surface area contributed by atoms with E-state index in [9.17, 15) is 9.90 Å². The maximum atomic E-state index is 13.4. The molecule has 166 valence electrons. The van der Waals surface area contributed by atoms with Crippen molar-refractivity contribution in [2.45, 2.75) is 30.8 Å². The van der Waals surface area contributed by atoms with Crippen LogP contribution in [0.25, 0.3) is 0 Å². The Kier molecular flexibility index (Phi) is 6.84. The van der Waals surface area contributed by atoms with Crippen molar-refractivity contribution in [1.82, 2.24) is 9.80 Å². The van der Waals surface area contributed by atoms with E-state index < -0.39 is 0 Å². The highest BCUT2D eigenvalue weighted by Crippen LogP contribution is 2.42. The maximum Gasteiger partial charge on any atom is 0.324 e. The molecule has 1 N–H and O–H groups in total. The second kappa shape index (κ2) is 9.59. The number of aliphatic hydroxyl groups is 1. The van der Waals surface area contributed by atoms with Gasteiger partial charge in [-0.15, -0.1) is 0 Å². The molecule has 2 aliphatic heterocycles. The van der Waals surface area contributed by atoms with Crippen molar-refractivity contribution in [1.29, 1.82) is 0 Å². The summed E-state index contributed by atoms with van der Waals surface area (Å²) in [5.41, 5.74) is 2.07. The van der Waals surface area contributed by atoms with Gasteiger partial charge in [0.15, 0.2) is 0 Å². The molecule has 2 heterocycles. The third-order valence-electron chi connectivity index (χ3n) is 6.64. The Labute approximate surface area is 192 Å². The molecule has 0 bridgehead atoms. The summed E-state index contributed by atoms with van der Waals surface area (Å²) in [6.45, 7) is 2.52. The van der Waals surface area contributed by atoms with Gasteiger partial charge in [-0.05, 0) is 61.3 Å². The van der Waals surface area contributed by atoms with Crippen LogP contribution >= 0.6 is 15.9 Å². The van der Waals surface area contributed by atoms with Crippen molar-refractivity contribution in [3.8, 4) is 5.75 Å². The van der Waals surface area contributed by atoms with Gasteiger partial charge in [-0.1, -0.05) is 28.1 Å². The molecule has 6 nitrogen and oxygen atoms in total. The van der Waals surface area contributed by atoms with Gasteiger partial charge in [-0.3, -0.25) is 9.80 Å². The summed E-state index contributed by atoms with van der Waals surface area (Å²) in [4.78, 5) is 19.5. The number of hydrogen-bond donors (Lipinski definition) is 1. The van der Waals surface area contributed by atoms with Crippen LogP contribution in [0, 0.1) is 0 Å². The first-order valence-corrected chi connectivity index (χ1v) is 11.6. The van der Waals surface area contributed by atoms with Crippen LogP contribution < -0.4 is 9.64 Å². The van der Waals surface area contributed by atoms with Crippen LogP contribution in [0.15, 0.2) is 53.0 Å². The Morgan fingerprint density at radius 3 is 2.45 bits per heavy atom. The molecule has 2 aliphatic rings. The number of ether oxygens (including phenoxy) is 1. The van der Waals surface area contributed by atoms with Crippen molar-refractivity contribution in [2.75, 3.05) is 45.3 Å². The number of anilines is 1. The summed E-state index contributed by atoms with van der Waals surface area (Å²) in [6, 6.07) is 16.2. The van der Waals surface area contributed by atoms with Crippen molar-refractivity contribution in [3.05, 3.63) is 58.6 Å². The topological polar surface area (TPSA) is 56.2 Å². The summed E-state index contributed by atoms with van der Waals surface area (Å²) < 4.78 is 6.27. The molecule has 2 amide bonds. The van der Waals surface area contributed by atoms with Gasteiger partial charge >= 0.3 is 6.03 Å². The first-order chi connectivity index (χ1) is 15.0. The van der Waals surface area contributed by atoms with Crippen molar-refractivity contribution >= 4 is 27.6 Å². The zero-order chi connectivity index (χ0) is 22.0. The molecule has 0 unspecified atom stereocenters. The third kappa shape index (κ3) is 4.45. The number of rotatable bonds is 4. The third-order valence-corrected chi connectivity index (χ3v) is 7.17. The summed E-state index contributed by atoms with van der Waals surface area (Å²) in [6.07, 6.45) is 1.99. The highest BCUT2D eigenvalue weighted by Gasteiger charge is 2.49. The SMILES string of the molecule is COc1ccc(N(C)C(=O)N2CCCCN3[C@H](CO)[C@H](c4ccc(Br)cc4)[C@@H]3C2)cc1. The average Bonchev–Trinajstić information content (AvgIpc) is 2.78. The zero-order valence-electron chi connectivity index (χ0n) is 18.1. The minimum atomic E-state index is 0.00835. The van der Waals surface area contributed by atoms with Crippen LogP contribution in [0.4, 0.5) is 10.5 Å². The Hall–Kier alpha value is -2.09. The summed E-state index contributed by atoms with van der Waals surface area (Å²) in [5.74, 6) is 0.992. The molecule has 0 aromatic heterocycles. The number of nitrogens with zero attached hydrogens (tertiary/aromatic N) is 3. The lowest BCUT2D eigenvalue weighted by atomic mass is 9.74. The van der Waals surface area contributed by atoms with Gasteiger partial charge in [0.05, 0.1) is 13.7 Å². The normalized spacial score (nSPS) is 23.9. The fourth-order valence-electron chi connectivity index (χ4n) is 4.93. The highest BCUT2D eigenvalue weighted by molar-refractivity contribution is 9.10. The van der Waals surface area contributed by atoms with Crippen LogP contribution in [0.5, 0.6) is 5.75 Å². The number of hydrogen-bond acceptors (Lipinski definition) is 4. The van der Waals surface area contributed by atoms with Crippen LogP contribution in [0.3, 0.4) is 0 Å². The molecule has 0 aliphatic carbocycles. The number of aliphatic hydroxyl groups excluding tert-OH is 1. The molecule has 0 saturated carbocycles. The standard InChI is InChI=1S/C24H30BrN3O3/c1-26(19-9-11-20(31-2)12-10-19)24(30)27-13-3-4-14-28-21(15-27)23(22(28)16-29)17-5-7-18(25)8-6-17/h5-12,21-23,29H,3-4,13-16H2,1-2H3/t21-,22+,23+/m0/s1. The van der Waals surface area contributed by atoms with E-state index in [0.29, 0.717) is 6.54 Å². The molecule has 0 radical (unpaired) electrons. The molecule has 0 spiro atoms. The fraction of sp³-hybridized carbons (Fsp3) is 0.458. The zero-order valence-corrected chi connectivity index (χ0v) is 19.7. The van der Waals surface area contributed by atoms with E-state index in [1.807, 2.05) is 36.2 Å². The Bertz CT molecular complexity index is 890. The summed E-state index contributed by atoms with van der Waals surface area (Å²) in [5, 5.41) is 10.1. The number of methoxy groups -OCH3 is 1. The van der Waals surface area contributed by atoms with Gasteiger partial charge in [-0.25, -0.2) is 4.79 Å². The van der Waals surface area contributed by atoms with E-state index in [1.165, 1.54) is 5.56 Å². The first-order valence-electron chi connectivity index (χ1n) is 10.8. The van der Waals surface area contributed by atoms with E-state index in [-0.39, 0.29) is 30.6 Å². The van der Waals surface area contributed by atoms with Gasteiger partial charge in [0, 0.05) is 48.3 Å². The Balaban J connectivity index is 1.53. The van der Waals surface area contributed by atoms with E-state index in [0.717, 1.165) is 41.8 Å². The smallest absolute Gasteiger partial charge is 0.324 e. The predicted octanol–water partition coefficient (Wildman–Crippen LogP) is 3.94. The van der Waals surface area contributed by atoms with Crippen LogP contribution in [0.2, 0.25) is 0 Å². The maximum absolute atomic E-state index is 13.4. The van der Waals surface area contributed by atoms with Gasteiger partial charge < -0.3 is 14.7 Å². The van der Waals surface area contributed by atoms with Crippen molar-refractivity contribution in [3.63, 3.8) is 0 Å². The minimum absolute atomic E-state index is 0.00835. The molecule has 3 atom stereocenters. The number of urea groups is 1. The quantitative estimate of drug-likeness (QED) is 0.709. The molecular weight excluding hydrogens is 458 g/mol. The number of halogens is 1. The molecule has 2 aromatic carbocycles. The Morgan fingerprint density at radius 2 is 1.81 bits per heavy atom. The monoisotopic (exact) mass is 487 g/mol. The molecule has 2 saturated heterocycles. The molecule has 31 heavy (non-hydrogen) atoms. The highest BCUT2D eigenvalue weighted by atomic mass is 79.9. The van der Waals surface area contributed by atoms with Gasteiger partial charge in [0.2, 0.25) is 0 Å². The molecular formula is C24H30BrN3O3. The molecule has 4 rings (SSSR count). The van der Waals surface area contributed by atoms with Crippen molar-refractivity contribution < 1.29 is 14.6 Å². The first kappa shape index (κ1) is 22.1. The lowest BCUT2D eigenvalue weighted by Crippen LogP contribution is -2.68. The number of carbonyl (C=O) groups is 1. The van der Waals surface area contributed by atoms with Crippen molar-refractivity contribution in [2.24, 2.45) is 0 Å². The second-order valence-corrected chi connectivity index (χ2v) is 9.24. The fourth-order valence-corrected chi connectivity index (χ4v) is 5.19. The van der Waals surface area contributed by atoms with E-state index >= 15 is 0 Å². The van der Waals surface area contributed by atoms with E-state index in [4.69, 9.17) is 4.74 Å². The van der Waals surface area contributed by atoms with Crippen LogP contribution in [-0.4, -0.2) is 73.4 Å². The lowest BCUT2D eigenvalue weighted by Gasteiger charge is -2.57. The lowest BCUT2D eigenvalue weighted by molar-refractivity contribution is -0.0587. The predicted molar refractivity (Wildman–Crippen MR) is 126 cm³/mol. The summed E-state index contributed by atoms with van der Waals surface area (Å²) in [7, 11) is 3.46. The van der Waals surface area contributed by atoms with Crippen LogP contribution in [-0.2, 0) is 0 Å². The van der Waals surface area contributed by atoms with Crippen LogP contribution in [0.1, 0.15) is 24.3 Å². The minimum Gasteiger partial charge on any atom is -0.497 e. The number of carbonyl (C=O) groups excluding carboxylic acids is 1. The van der Waals surface area contributed by atoms with Gasteiger partial charge in [-0.2, -0.15) is 0 Å². The van der Waals surface area contributed by atoms with Gasteiger partial charge in [0.25, 0.3) is 0 Å². The number of fused-ring (bicyclic) bond motifs is 1. The van der Waals surface area contributed by atoms with E-state index in [2.05, 4.69) is 45.1 Å². The number of amides is 2. The van der Waals surface area contributed by atoms with E-state index in [1.54, 1.807) is 12.0 Å². The average molecular weight is 488 g/mol. The molecule has 7 heteroatoms. The largest absolute Gasteiger partial charge is 0.497 e. The number of benzene rings is 2. The second-order valence-electron chi connectivity index (χ2n) is 8.33. The van der Waals surface area contributed by atoms with Gasteiger partial charge in [0.1, 0.15) is 5.75 Å². The Morgan fingerprint density at radius 1 is 1.13 bits per heavy atom.